The number of nitrogens with one attached hydrogen (secondary N) is 1. The van der Waals surface area contributed by atoms with Crippen molar-refractivity contribution < 1.29 is 4.79 Å². The van der Waals surface area contributed by atoms with Crippen LogP contribution in [-0.4, -0.2) is 16.7 Å². The van der Waals surface area contributed by atoms with E-state index in [2.05, 4.69) is 80.0 Å². The summed E-state index contributed by atoms with van der Waals surface area (Å²) in [6.45, 7) is 10.8. The Morgan fingerprint density at radius 2 is 1.69 bits per heavy atom. The van der Waals surface area contributed by atoms with Gasteiger partial charge in [-0.15, -0.1) is 0 Å². The zero-order valence-electron chi connectivity index (χ0n) is 17.9. The highest BCUT2D eigenvalue weighted by atomic mass is 16.2. The van der Waals surface area contributed by atoms with Crippen LogP contribution in [0.1, 0.15) is 48.8 Å². The summed E-state index contributed by atoms with van der Waals surface area (Å²) < 4.78 is 2.21. The van der Waals surface area contributed by atoms with Crippen LogP contribution in [0.2, 0.25) is 0 Å². The molecule has 4 nitrogen and oxygen atoms in total. The van der Waals surface area contributed by atoms with Gasteiger partial charge in [0.1, 0.15) is 0 Å². The summed E-state index contributed by atoms with van der Waals surface area (Å²) >= 11 is 0. The highest BCUT2D eigenvalue weighted by molar-refractivity contribution is 5.84. The Bertz CT molecular complexity index is 1010. The highest BCUT2D eigenvalue weighted by Crippen LogP contribution is 2.25. The van der Waals surface area contributed by atoms with E-state index in [0.29, 0.717) is 6.42 Å². The lowest BCUT2D eigenvalue weighted by atomic mass is 9.87. The summed E-state index contributed by atoms with van der Waals surface area (Å²) in [5.74, 6) is -0.126. The van der Waals surface area contributed by atoms with Crippen molar-refractivity contribution in [2.24, 2.45) is 5.10 Å². The molecule has 0 saturated heterocycles. The number of rotatable bonds is 5. The minimum absolute atomic E-state index is 0.126. The topological polar surface area (TPSA) is 46.4 Å². The van der Waals surface area contributed by atoms with Gasteiger partial charge in [-0.3, -0.25) is 4.79 Å². The molecule has 0 bridgehead atoms. The van der Waals surface area contributed by atoms with E-state index >= 15 is 0 Å². The van der Waals surface area contributed by atoms with Gasteiger partial charge in [0, 0.05) is 22.6 Å². The molecule has 4 heteroatoms. The minimum atomic E-state index is -0.126. The van der Waals surface area contributed by atoms with Gasteiger partial charge in [-0.1, -0.05) is 63.2 Å². The first-order valence-electron chi connectivity index (χ1n) is 9.91. The number of aromatic nitrogens is 1. The summed E-state index contributed by atoms with van der Waals surface area (Å²) in [7, 11) is 0. The molecule has 1 N–H and O–H groups in total. The molecular weight excluding hydrogens is 358 g/mol. The van der Waals surface area contributed by atoms with E-state index in [9.17, 15) is 4.79 Å². The molecule has 0 saturated carbocycles. The number of nitrogens with zero attached hydrogens (tertiary/aromatic N) is 2. The van der Waals surface area contributed by atoms with Crippen molar-refractivity contribution in [2.75, 3.05) is 0 Å². The molecule has 1 heterocycles. The largest absolute Gasteiger partial charge is 0.318 e. The quantitative estimate of drug-likeness (QED) is 0.481. The van der Waals surface area contributed by atoms with Gasteiger partial charge in [0.05, 0.1) is 12.6 Å². The lowest BCUT2D eigenvalue weighted by molar-refractivity contribution is -0.120. The first kappa shape index (κ1) is 20.6. The molecule has 0 radical (unpaired) electrons. The van der Waals surface area contributed by atoms with Crippen LogP contribution in [0.25, 0.3) is 5.69 Å². The number of hydrogen-bond donors (Lipinski definition) is 1. The summed E-state index contributed by atoms with van der Waals surface area (Å²) in [6.07, 6.45) is 2.03. The Balaban J connectivity index is 1.72. The Hall–Kier alpha value is -3.14. The molecule has 0 aliphatic heterocycles. The Morgan fingerprint density at radius 1 is 1.03 bits per heavy atom. The maximum Gasteiger partial charge on any atom is 0.244 e. The van der Waals surface area contributed by atoms with Gasteiger partial charge in [-0.05, 0) is 48.6 Å². The van der Waals surface area contributed by atoms with E-state index in [0.717, 1.165) is 28.2 Å². The zero-order chi connectivity index (χ0) is 21.0. The summed E-state index contributed by atoms with van der Waals surface area (Å²) in [4.78, 5) is 12.1. The highest BCUT2D eigenvalue weighted by Gasteiger charge is 2.14. The minimum Gasteiger partial charge on any atom is -0.318 e. The first-order chi connectivity index (χ1) is 13.8. The molecule has 3 rings (SSSR count). The fourth-order valence-electron chi connectivity index (χ4n) is 3.42. The molecule has 3 aromatic rings. The average molecular weight is 388 g/mol. The van der Waals surface area contributed by atoms with Gasteiger partial charge >= 0.3 is 0 Å². The van der Waals surface area contributed by atoms with Crippen molar-refractivity contribution in [1.82, 2.24) is 9.99 Å². The molecule has 2 aromatic carbocycles. The van der Waals surface area contributed by atoms with E-state index < -0.39 is 0 Å². The maximum absolute atomic E-state index is 12.1. The van der Waals surface area contributed by atoms with Crippen LogP contribution in [0.15, 0.2) is 65.8 Å². The fraction of sp³-hybridized carbons (Fsp3) is 0.280. The molecule has 0 fully saturated rings. The second-order valence-corrected chi connectivity index (χ2v) is 8.41. The molecule has 1 amide bonds. The number of hydrazone groups is 1. The second kappa shape index (κ2) is 8.48. The molecule has 29 heavy (non-hydrogen) atoms. The second-order valence-electron chi connectivity index (χ2n) is 8.41. The third-order valence-corrected chi connectivity index (χ3v) is 5.06. The van der Waals surface area contributed by atoms with Crippen LogP contribution in [0, 0.1) is 13.8 Å². The lowest BCUT2D eigenvalue weighted by Crippen LogP contribution is -2.19. The maximum atomic E-state index is 12.1. The number of carbonyl (C=O) groups excluding carboxylic acids is 1. The molecule has 1 aromatic heterocycles. The van der Waals surface area contributed by atoms with Crippen LogP contribution in [0.4, 0.5) is 0 Å². The van der Waals surface area contributed by atoms with Crippen LogP contribution in [0.5, 0.6) is 0 Å². The van der Waals surface area contributed by atoms with Crippen molar-refractivity contribution in [3.8, 4) is 5.69 Å². The fourth-order valence-corrected chi connectivity index (χ4v) is 3.42. The Kier molecular flexibility index (Phi) is 6.02. The first-order valence-corrected chi connectivity index (χ1v) is 9.91. The zero-order valence-corrected chi connectivity index (χ0v) is 17.9. The van der Waals surface area contributed by atoms with Crippen LogP contribution in [-0.2, 0) is 16.6 Å². The standard InChI is InChI=1S/C25H29N3O/c1-18-15-21(17-26-27-24(29)16-20-9-7-6-8-10-20)19(2)28(18)23-13-11-22(12-14-23)25(3,4)5/h6-15,17H,16H2,1-5H3,(H,27,29)/b26-17+. The number of benzene rings is 2. The van der Waals surface area contributed by atoms with Gasteiger partial charge in [0.25, 0.3) is 0 Å². The van der Waals surface area contributed by atoms with Crippen molar-refractivity contribution in [1.29, 1.82) is 0 Å². The van der Waals surface area contributed by atoms with E-state index in [1.807, 2.05) is 30.3 Å². The summed E-state index contributed by atoms with van der Waals surface area (Å²) in [5.41, 5.74) is 9.37. The predicted octanol–water partition coefficient (Wildman–Crippen LogP) is 5.08. The molecule has 0 aliphatic rings. The average Bonchev–Trinajstić information content (AvgIpc) is 2.95. The molecule has 150 valence electrons. The van der Waals surface area contributed by atoms with E-state index in [-0.39, 0.29) is 11.3 Å². The van der Waals surface area contributed by atoms with Crippen molar-refractivity contribution in [3.05, 3.63) is 88.7 Å². The van der Waals surface area contributed by atoms with Crippen LogP contribution in [0.3, 0.4) is 0 Å². The summed E-state index contributed by atoms with van der Waals surface area (Å²) in [6, 6.07) is 20.4. The van der Waals surface area contributed by atoms with Gasteiger partial charge in [0.2, 0.25) is 5.91 Å². The third-order valence-electron chi connectivity index (χ3n) is 5.06. The normalized spacial score (nSPS) is 11.8. The van der Waals surface area contributed by atoms with Gasteiger partial charge in [-0.2, -0.15) is 5.10 Å². The Labute approximate surface area is 173 Å². The molecule has 0 atom stereocenters. The number of amides is 1. The van der Waals surface area contributed by atoms with E-state index in [1.54, 1.807) is 6.21 Å². The molecule has 0 spiro atoms. The predicted molar refractivity (Wildman–Crippen MR) is 120 cm³/mol. The SMILES string of the molecule is Cc1cc(/C=N/NC(=O)Cc2ccccc2)c(C)n1-c1ccc(C(C)(C)C)cc1. The van der Waals surface area contributed by atoms with Crippen molar-refractivity contribution in [2.45, 2.75) is 46.5 Å². The van der Waals surface area contributed by atoms with Crippen LogP contribution >= 0.6 is 0 Å². The number of hydrogen-bond acceptors (Lipinski definition) is 2. The van der Waals surface area contributed by atoms with Gasteiger partial charge in [0.15, 0.2) is 0 Å². The molecule has 0 aliphatic carbocycles. The van der Waals surface area contributed by atoms with Gasteiger partial charge < -0.3 is 4.57 Å². The van der Waals surface area contributed by atoms with Gasteiger partial charge in [-0.25, -0.2) is 5.43 Å². The molecular formula is C25H29N3O. The van der Waals surface area contributed by atoms with Crippen molar-refractivity contribution >= 4 is 12.1 Å². The Morgan fingerprint density at radius 3 is 2.31 bits per heavy atom. The molecule has 0 unspecified atom stereocenters. The van der Waals surface area contributed by atoms with Crippen molar-refractivity contribution in [3.63, 3.8) is 0 Å². The number of carbonyl (C=O) groups is 1. The van der Waals surface area contributed by atoms with E-state index in [4.69, 9.17) is 0 Å². The van der Waals surface area contributed by atoms with E-state index in [1.165, 1.54) is 5.56 Å². The number of aryl methyl sites for hydroxylation is 1. The smallest absolute Gasteiger partial charge is 0.244 e. The third kappa shape index (κ3) is 5.02. The van der Waals surface area contributed by atoms with Crippen LogP contribution < -0.4 is 5.43 Å². The lowest BCUT2D eigenvalue weighted by Gasteiger charge is -2.20. The summed E-state index contributed by atoms with van der Waals surface area (Å²) in [5, 5.41) is 4.16. The monoisotopic (exact) mass is 387 g/mol.